The van der Waals surface area contributed by atoms with Crippen molar-refractivity contribution in [2.45, 2.75) is 19.4 Å². The number of aromatic nitrogens is 1. The van der Waals surface area contributed by atoms with Crippen LogP contribution in [0.4, 0.5) is 0 Å². The second kappa shape index (κ2) is 8.10. The highest BCUT2D eigenvalue weighted by Gasteiger charge is 2.14. The lowest BCUT2D eigenvalue weighted by Crippen LogP contribution is -2.10. The molecule has 0 saturated heterocycles. The molecule has 0 N–H and O–H groups in total. The number of nitrogens with zero attached hydrogens (tertiary/aromatic N) is 1. The van der Waals surface area contributed by atoms with Crippen LogP contribution in [0.1, 0.15) is 12.0 Å². The average Bonchev–Trinajstić information content (AvgIpc) is 2.99. The maximum Gasteiger partial charge on any atom is 0.152 e. The largest absolute Gasteiger partial charge is 0.497 e. The van der Waals surface area contributed by atoms with Crippen molar-refractivity contribution in [1.82, 2.24) is 4.57 Å². The Balaban J connectivity index is 1.62. The summed E-state index contributed by atoms with van der Waals surface area (Å²) in [5.74, 6) is 1.04. The van der Waals surface area contributed by atoms with Gasteiger partial charge in [-0.05, 0) is 60.5 Å². The summed E-state index contributed by atoms with van der Waals surface area (Å²) in [6.45, 7) is 0.368. The Morgan fingerprint density at radius 2 is 1.57 bits per heavy atom. The number of hydrogen-bond acceptors (Lipinski definition) is 2. The predicted octanol–water partition coefficient (Wildman–Crippen LogP) is 6.53. The number of methoxy groups -OCH3 is 1. The van der Waals surface area contributed by atoms with Crippen LogP contribution >= 0.6 is 31.9 Å². The molecule has 3 nitrogen and oxygen atoms in total. The van der Waals surface area contributed by atoms with Gasteiger partial charge in [-0.25, -0.2) is 0 Å². The van der Waals surface area contributed by atoms with Gasteiger partial charge in [-0.3, -0.25) is 4.79 Å². The third-order valence-corrected chi connectivity index (χ3v) is 5.94. The molecule has 0 bridgehead atoms. The van der Waals surface area contributed by atoms with Crippen LogP contribution in [0.2, 0.25) is 0 Å². The van der Waals surface area contributed by atoms with Crippen LogP contribution in [-0.4, -0.2) is 17.5 Å². The molecule has 0 aliphatic heterocycles. The van der Waals surface area contributed by atoms with Crippen LogP contribution in [0, 0.1) is 0 Å². The molecule has 0 spiro atoms. The van der Waals surface area contributed by atoms with Crippen LogP contribution in [0.15, 0.2) is 69.6 Å². The van der Waals surface area contributed by atoms with Crippen molar-refractivity contribution < 1.29 is 9.53 Å². The number of carbonyl (C=O) groups excluding carboxylic acids is 1. The fourth-order valence-corrected chi connectivity index (χ4v) is 4.31. The third kappa shape index (κ3) is 3.87. The second-order valence-corrected chi connectivity index (χ2v) is 8.63. The van der Waals surface area contributed by atoms with Crippen molar-refractivity contribution >= 4 is 59.4 Å². The van der Waals surface area contributed by atoms with Crippen LogP contribution in [0.25, 0.3) is 21.8 Å². The summed E-state index contributed by atoms with van der Waals surface area (Å²) in [5, 5.41) is 2.29. The lowest BCUT2D eigenvalue weighted by molar-refractivity contribution is -0.119. The lowest BCUT2D eigenvalue weighted by Gasteiger charge is -2.08. The number of ketones is 1. The van der Waals surface area contributed by atoms with Gasteiger partial charge < -0.3 is 9.30 Å². The van der Waals surface area contributed by atoms with E-state index < -0.39 is 0 Å². The van der Waals surface area contributed by atoms with Crippen LogP contribution in [-0.2, 0) is 17.8 Å². The molecule has 0 aliphatic rings. The van der Waals surface area contributed by atoms with Crippen molar-refractivity contribution in [2.24, 2.45) is 0 Å². The van der Waals surface area contributed by atoms with Crippen LogP contribution in [0.3, 0.4) is 0 Å². The Bertz CT molecular complexity index is 1120. The van der Waals surface area contributed by atoms with Gasteiger partial charge in [-0.15, -0.1) is 0 Å². The first-order valence-corrected chi connectivity index (χ1v) is 10.7. The summed E-state index contributed by atoms with van der Waals surface area (Å²) in [6, 6.07) is 20.3. The van der Waals surface area contributed by atoms with E-state index in [1.54, 1.807) is 7.11 Å². The van der Waals surface area contributed by atoms with Gasteiger partial charge in [0, 0.05) is 37.2 Å². The number of carbonyl (C=O) groups is 1. The van der Waals surface area contributed by atoms with E-state index >= 15 is 0 Å². The highest BCUT2D eigenvalue weighted by molar-refractivity contribution is 9.10. The summed E-state index contributed by atoms with van der Waals surface area (Å²) >= 11 is 7.12. The molecule has 0 amide bonds. The van der Waals surface area contributed by atoms with E-state index in [2.05, 4.69) is 60.7 Å². The van der Waals surface area contributed by atoms with Gasteiger partial charge in [0.15, 0.2) is 5.78 Å². The predicted molar refractivity (Wildman–Crippen MR) is 121 cm³/mol. The summed E-state index contributed by atoms with van der Waals surface area (Å²) in [6.07, 6.45) is 1.21. The number of aryl methyl sites for hydroxylation is 1. The number of ether oxygens (including phenoxy) is 1. The van der Waals surface area contributed by atoms with Gasteiger partial charge >= 0.3 is 0 Å². The monoisotopic (exact) mass is 499 g/mol. The molecule has 0 atom stereocenters. The summed E-state index contributed by atoms with van der Waals surface area (Å²) in [5.41, 5.74) is 3.26. The fraction of sp³-hybridized carbons (Fsp3) is 0.174. The molecule has 0 saturated carbocycles. The number of benzene rings is 3. The van der Waals surface area contributed by atoms with Gasteiger partial charge in [0.05, 0.1) is 13.7 Å². The van der Waals surface area contributed by atoms with E-state index in [0.717, 1.165) is 42.1 Å². The van der Waals surface area contributed by atoms with Crippen molar-refractivity contribution in [2.75, 3.05) is 7.11 Å². The number of fused-ring (bicyclic) bond motifs is 3. The Morgan fingerprint density at radius 1 is 0.929 bits per heavy atom. The zero-order chi connectivity index (χ0) is 19.7. The number of halogens is 2. The van der Waals surface area contributed by atoms with Crippen molar-refractivity contribution in [3.05, 3.63) is 75.2 Å². The van der Waals surface area contributed by atoms with E-state index in [0.29, 0.717) is 19.4 Å². The minimum atomic E-state index is 0.215. The first kappa shape index (κ1) is 19.2. The van der Waals surface area contributed by atoms with Gasteiger partial charge in [-0.1, -0.05) is 44.0 Å². The number of rotatable bonds is 6. The second-order valence-electron chi connectivity index (χ2n) is 6.80. The molecule has 0 aliphatic carbocycles. The molecule has 0 fully saturated rings. The van der Waals surface area contributed by atoms with Gasteiger partial charge in [0.25, 0.3) is 0 Å². The average molecular weight is 501 g/mol. The topological polar surface area (TPSA) is 31.2 Å². The lowest BCUT2D eigenvalue weighted by atomic mass is 10.1. The minimum Gasteiger partial charge on any atom is -0.497 e. The Labute approximate surface area is 180 Å². The summed E-state index contributed by atoms with van der Waals surface area (Å²) < 4.78 is 9.45. The first-order valence-electron chi connectivity index (χ1n) is 9.07. The van der Waals surface area contributed by atoms with Gasteiger partial charge in [-0.2, -0.15) is 0 Å². The SMILES string of the molecule is COc1cccc(CCC(=O)Cn2c3ccc(Br)cc3c3cc(Br)ccc32)c1. The molecular weight excluding hydrogens is 482 g/mol. The van der Waals surface area contributed by atoms with Crippen molar-refractivity contribution in [3.63, 3.8) is 0 Å². The molecule has 4 rings (SSSR count). The third-order valence-electron chi connectivity index (χ3n) is 4.95. The highest BCUT2D eigenvalue weighted by atomic mass is 79.9. The van der Waals surface area contributed by atoms with Gasteiger partial charge in [0.1, 0.15) is 5.75 Å². The number of hydrogen-bond donors (Lipinski definition) is 0. The van der Waals surface area contributed by atoms with Crippen LogP contribution < -0.4 is 4.74 Å². The first-order chi connectivity index (χ1) is 13.5. The Hall–Kier alpha value is -2.11. The molecular formula is C23H19Br2NO2. The van der Waals surface area contributed by atoms with E-state index in [1.165, 1.54) is 0 Å². The molecule has 1 aromatic heterocycles. The molecule has 3 aromatic carbocycles. The summed E-state index contributed by atoms with van der Waals surface area (Å²) in [4.78, 5) is 12.8. The molecule has 0 radical (unpaired) electrons. The molecule has 142 valence electrons. The zero-order valence-electron chi connectivity index (χ0n) is 15.4. The quantitative estimate of drug-likeness (QED) is 0.301. The smallest absolute Gasteiger partial charge is 0.152 e. The minimum absolute atomic E-state index is 0.215. The molecule has 4 aromatic rings. The zero-order valence-corrected chi connectivity index (χ0v) is 18.6. The maximum atomic E-state index is 12.8. The molecule has 1 heterocycles. The molecule has 0 unspecified atom stereocenters. The fourth-order valence-electron chi connectivity index (χ4n) is 3.59. The Morgan fingerprint density at radius 3 is 2.18 bits per heavy atom. The van der Waals surface area contributed by atoms with E-state index in [-0.39, 0.29) is 5.78 Å². The Kier molecular flexibility index (Phi) is 5.56. The number of Topliss-reactive ketones (excluding diaryl/α,β-unsaturated/α-hetero) is 1. The normalized spacial score (nSPS) is 11.2. The van der Waals surface area contributed by atoms with Gasteiger partial charge in [0.2, 0.25) is 0 Å². The van der Waals surface area contributed by atoms with Crippen LogP contribution in [0.5, 0.6) is 5.75 Å². The molecule has 28 heavy (non-hydrogen) atoms. The van der Waals surface area contributed by atoms with Crippen molar-refractivity contribution in [3.8, 4) is 5.75 Å². The van der Waals surface area contributed by atoms with Crippen molar-refractivity contribution in [1.29, 1.82) is 0 Å². The van der Waals surface area contributed by atoms with E-state index in [4.69, 9.17) is 4.74 Å². The maximum absolute atomic E-state index is 12.8. The van der Waals surface area contributed by atoms with E-state index in [1.807, 2.05) is 36.4 Å². The molecule has 5 heteroatoms. The highest BCUT2D eigenvalue weighted by Crippen LogP contribution is 2.33. The van der Waals surface area contributed by atoms with E-state index in [9.17, 15) is 4.79 Å². The summed E-state index contributed by atoms with van der Waals surface area (Å²) in [7, 11) is 1.66. The standard InChI is InChI=1S/C23H19Br2NO2/c1-28-19-4-2-3-15(11-19)5-8-18(27)14-26-22-9-6-16(24)12-20(22)21-13-17(25)7-10-23(21)26/h2-4,6-7,9-13H,5,8,14H2,1H3.